The highest BCUT2D eigenvalue weighted by Gasteiger charge is 2.11. The van der Waals surface area contributed by atoms with Gasteiger partial charge in [0, 0.05) is 19.3 Å². The van der Waals surface area contributed by atoms with E-state index in [2.05, 4.69) is 9.97 Å². The summed E-state index contributed by atoms with van der Waals surface area (Å²) >= 11 is 6.10. The second-order valence-corrected chi connectivity index (χ2v) is 4.53. The predicted octanol–water partition coefficient (Wildman–Crippen LogP) is 2.36. The standard InChI is InChI=1S/C13H15ClN4O/c1-18(8-9-3-5-10(15)6-4-9)12-11(14)7-16-13(17-12)19-2/h3-7H,8,15H2,1-2H3. The van der Waals surface area contributed by atoms with E-state index in [1.54, 1.807) is 0 Å². The molecule has 0 saturated heterocycles. The number of hydrogen-bond donors (Lipinski definition) is 1. The Kier molecular flexibility index (Phi) is 4.06. The predicted molar refractivity (Wildman–Crippen MR) is 76.6 cm³/mol. The maximum absolute atomic E-state index is 6.10. The quantitative estimate of drug-likeness (QED) is 0.870. The first-order valence-electron chi connectivity index (χ1n) is 5.72. The average molecular weight is 279 g/mol. The van der Waals surface area contributed by atoms with Gasteiger partial charge < -0.3 is 15.4 Å². The van der Waals surface area contributed by atoms with Gasteiger partial charge in [0.15, 0.2) is 5.82 Å². The average Bonchev–Trinajstić information content (AvgIpc) is 2.42. The topological polar surface area (TPSA) is 64.3 Å². The summed E-state index contributed by atoms with van der Waals surface area (Å²) in [5.74, 6) is 0.630. The Bertz CT molecular complexity index is 559. The van der Waals surface area contributed by atoms with Gasteiger partial charge in [-0.25, -0.2) is 4.98 Å². The molecule has 0 atom stereocenters. The van der Waals surface area contributed by atoms with Crippen LogP contribution >= 0.6 is 11.6 Å². The number of nitrogens with two attached hydrogens (primary N) is 1. The Morgan fingerprint density at radius 3 is 2.63 bits per heavy atom. The molecule has 0 spiro atoms. The van der Waals surface area contributed by atoms with E-state index in [9.17, 15) is 0 Å². The molecule has 2 N–H and O–H groups in total. The largest absolute Gasteiger partial charge is 0.467 e. The lowest BCUT2D eigenvalue weighted by Crippen LogP contribution is -2.18. The van der Waals surface area contributed by atoms with Crippen LogP contribution in [0.3, 0.4) is 0 Å². The fraction of sp³-hybridized carbons (Fsp3) is 0.231. The van der Waals surface area contributed by atoms with Gasteiger partial charge in [0.25, 0.3) is 0 Å². The van der Waals surface area contributed by atoms with E-state index >= 15 is 0 Å². The highest BCUT2D eigenvalue weighted by atomic mass is 35.5. The molecule has 0 aliphatic carbocycles. The SMILES string of the molecule is COc1ncc(Cl)c(N(C)Cc2ccc(N)cc2)n1. The van der Waals surface area contributed by atoms with E-state index in [1.165, 1.54) is 13.3 Å². The normalized spacial score (nSPS) is 10.3. The maximum Gasteiger partial charge on any atom is 0.318 e. The van der Waals surface area contributed by atoms with Gasteiger partial charge in [-0.3, -0.25) is 0 Å². The molecule has 19 heavy (non-hydrogen) atoms. The van der Waals surface area contributed by atoms with Crippen LogP contribution in [0, 0.1) is 0 Å². The van der Waals surface area contributed by atoms with Crippen LogP contribution in [-0.4, -0.2) is 24.1 Å². The van der Waals surface area contributed by atoms with Gasteiger partial charge in [-0.2, -0.15) is 4.98 Å². The number of rotatable bonds is 4. The first kappa shape index (κ1) is 13.4. The fourth-order valence-corrected chi connectivity index (χ4v) is 1.92. The van der Waals surface area contributed by atoms with Gasteiger partial charge in [-0.1, -0.05) is 23.7 Å². The van der Waals surface area contributed by atoms with E-state index in [4.69, 9.17) is 22.1 Å². The molecule has 100 valence electrons. The third-order valence-corrected chi connectivity index (χ3v) is 2.91. The van der Waals surface area contributed by atoms with Gasteiger partial charge in [-0.05, 0) is 17.7 Å². The molecule has 5 nitrogen and oxygen atoms in total. The molecule has 0 amide bonds. The van der Waals surface area contributed by atoms with Crippen molar-refractivity contribution in [1.29, 1.82) is 0 Å². The molecule has 0 fully saturated rings. The van der Waals surface area contributed by atoms with E-state index in [1.807, 2.05) is 36.2 Å². The third kappa shape index (κ3) is 3.26. The van der Waals surface area contributed by atoms with E-state index in [-0.39, 0.29) is 0 Å². The summed E-state index contributed by atoms with van der Waals surface area (Å²) in [5, 5.41) is 0.485. The number of benzene rings is 1. The second kappa shape index (κ2) is 5.75. The van der Waals surface area contributed by atoms with Crippen molar-refractivity contribution in [2.75, 3.05) is 24.8 Å². The Morgan fingerprint density at radius 1 is 1.32 bits per heavy atom. The fourth-order valence-electron chi connectivity index (χ4n) is 1.68. The number of anilines is 2. The smallest absolute Gasteiger partial charge is 0.318 e. The number of halogens is 1. The van der Waals surface area contributed by atoms with Crippen molar-refractivity contribution in [3.05, 3.63) is 41.0 Å². The summed E-state index contributed by atoms with van der Waals surface area (Å²) < 4.78 is 5.00. The van der Waals surface area contributed by atoms with Gasteiger partial charge >= 0.3 is 6.01 Å². The minimum absolute atomic E-state index is 0.295. The molecule has 0 radical (unpaired) electrons. The first-order chi connectivity index (χ1) is 9.10. The molecule has 6 heteroatoms. The van der Waals surface area contributed by atoms with Crippen molar-refractivity contribution in [3.8, 4) is 6.01 Å². The molecule has 2 rings (SSSR count). The molecule has 2 aromatic rings. The van der Waals surface area contributed by atoms with Crippen LogP contribution in [0.15, 0.2) is 30.5 Å². The van der Waals surface area contributed by atoms with E-state index in [0.717, 1.165) is 11.3 Å². The number of ether oxygens (including phenoxy) is 1. The van der Waals surface area contributed by atoms with Gasteiger partial charge in [0.1, 0.15) is 5.02 Å². The summed E-state index contributed by atoms with van der Waals surface area (Å²) in [7, 11) is 3.43. The zero-order valence-electron chi connectivity index (χ0n) is 10.8. The van der Waals surface area contributed by atoms with Gasteiger partial charge in [-0.15, -0.1) is 0 Å². The van der Waals surface area contributed by atoms with Gasteiger partial charge in [0.05, 0.1) is 13.3 Å². The molecular weight excluding hydrogens is 264 g/mol. The Balaban J connectivity index is 2.19. The minimum Gasteiger partial charge on any atom is -0.467 e. The zero-order valence-corrected chi connectivity index (χ0v) is 11.6. The molecule has 1 aromatic heterocycles. The Labute approximate surface area is 117 Å². The lowest BCUT2D eigenvalue weighted by atomic mass is 10.2. The highest BCUT2D eigenvalue weighted by molar-refractivity contribution is 6.32. The van der Waals surface area contributed by atoms with Crippen LogP contribution in [-0.2, 0) is 6.54 Å². The summed E-state index contributed by atoms with van der Waals surface area (Å²) in [4.78, 5) is 10.1. The maximum atomic E-state index is 6.10. The Morgan fingerprint density at radius 2 is 2.00 bits per heavy atom. The van der Waals surface area contributed by atoms with Crippen molar-refractivity contribution in [1.82, 2.24) is 9.97 Å². The minimum atomic E-state index is 0.295. The summed E-state index contributed by atoms with van der Waals surface area (Å²) in [5.41, 5.74) is 7.52. The molecule has 0 unspecified atom stereocenters. The molecular formula is C13H15ClN4O. The molecule has 0 saturated carbocycles. The van der Waals surface area contributed by atoms with Crippen LogP contribution in [0.5, 0.6) is 6.01 Å². The molecule has 0 aliphatic rings. The lowest BCUT2D eigenvalue weighted by Gasteiger charge is -2.19. The van der Waals surface area contributed by atoms with Crippen LogP contribution in [0.1, 0.15) is 5.56 Å². The highest BCUT2D eigenvalue weighted by Crippen LogP contribution is 2.24. The number of hydrogen-bond acceptors (Lipinski definition) is 5. The number of nitrogens with zero attached hydrogens (tertiary/aromatic N) is 3. The molecule has 0 aliphatic heterocycles. The van der Waals surface area contributed by atoms with Crippen LogP contribution < -0.4 is 15.4 Å². The monoisotopic (exact) mass is 278 g/mol. The van der Waals surface area contributed by atoms with Crippen molar-refractivity contribution in [2.45, 2.75) is 6.54 Å². The van der Waals surface area contributed by atoms with E-state index in [0.29, 0.717) is 23.4 Å². The van der Waals surface area contributed by atoms with Crippen LogP contribution in [0.2, 0.25) is 5.02 Å². The number of aromatic nitrogens is 2. The zero-order chi connectivity index (χ0) is 13.8. The summed E-state index contributed by atoms with van der Waals surface area (Å²) in [6.45, 7) is 0.667. The summed E-state index contributed by atoms with van der Waals surface area (Å²) in [6, 6.07) is 7.97. The lowest BCUT2D eigenvalue weighted by molar-refractivity contribution is 0.380. The number of methoxy groups -OCH3 is 1. The molecule has 1 heterocycles. The van der Waals surface area contributed by atoms with Crippen LogP contribution in [0.25, 0.3) is 0 Å². The molecule has 0 bridgehead atoms. The van der Waals surface area contributed by atoms with Crippen molar-refractivity contribution in [2.24, 2.45) is 0 Å². The van der Waals surface area contributed by atoms with Gasteiger partial charge in [0.2, 0.25) is 0 Å². The number of nitrogen functional groups attached to an aromatic ring is 1. The first-order valence-corrected chi connectivity index (χ1v) is 6.10. The molecule has 1 aromatic carbocycles. The van der Waals surface area contributed by atoms with Crippen molar-refractivity contribution < 1.29 is 4.74 Å². The third-order valence-electron chi connectivity index (χ3n) is 2.65. The van der Waals surface area contributed by atoms with Crippen LogP contribution in [0.4, 0.5) is 11.5 Å². The second-order valence-electron chi connectivity index (χ2n) is 4.13. The van der Waals surface area contributed by atoms with Crippen molar-refractivity contribution in [3.63, 3.8) is 0 Å². The van der Waals surface area contributed by atoms with E-state index < -0.39 is 0 Å². The van der Waals surface area contributed by atoms with Crippen molar-refractivity contribution >= 4 is 23.1 Å². The Hall–Kier alpha value is -2.01. The summed E-state index contributed by atoms with van der Waals surface area (Å²) in [6.07, 6.45) is 1.53.